The Bertz CT molecular complexity index is 440. The number of phenolic OH excluding ortho intramolecular Hbond substituents is 1. The van der Waals surface area contributed by atoms with Crippen LogP contribution < -0.4 is 10.6 Å². The van der Waals surface area contributed by atoms with Crippen LogP contribution in [0, 0.1) is 12.8 Å². The van der Waals surface area contributed by atoms with Gasteiger partial charge in [-0.05, 0) is 69.0 Å². The number of aryl methyl sites for hydroxylation is 1. The van der Waals surface area contributed by atoms with Crippen molar-refractivity contribution in [2.75, 3.05) is 18.4 Å². The summed E-state index contributed by atoms with van der Waals surface area (Å²) in [6, 6.07) is 4.99. The van der Waals surface area contributed by atoms with E-state index < -0.39 is 0 Å². The molecule has 0 saturated carbocycles. The number of aromatic hydroxyl groups is 1. The molecule has 1 saturated heterocycles. The molecule has 0 unspecified atom stereocenters. The van der Waals surface area contributed by atoms with Gasteiger partial charge in [0.05, 0.1) is 0 Å². The van der Waals surface area contributed by atoms with Crippen LogP contribution in [0.2, 0.25) is 0 Å². The molecule has 104 valence electrons. The van der Waals surface area contributed by atoms with Crippen LogP contribution in [-0.2, 0) is 4.79 Å². The number of anilines is 1. The first kappa shape index (κ1) is 13.9. The van der Waals surface area contributed by atoms with Crippen LogP contribution in [0.1, 0.15) is 31.2 Å². The van der Waals surface area contributed by atoms with Crippen molar-refractivity contribution in [3.8, 4) is 5.75 Å². The number of carbonyl (C=O) groups is 1. The lowest BCUT2D eigenvalue weighted by Crippen LogP contribution is -2.28. The molecule has 2 rings (SSSR count). The molecule has 0 aliphatic carbocycles. The Morgan fingerprint density at radius 1 is 1.42 bits per heavy atom. The van der Waals surface area contributed by atoms with Crippen molar-refractivity contribution in [3.63, 3.8) is 0 Å². The highest BCUT2D eigenvalue weighted by Gasteiger charge is 2.14. The minimum atomic E-state index is 0.0623. The van der Waals surface area contributed by atoms with Gasteiger partial charge in [-0.2, -0.15) is 0 Å². The monoisotopic (exact) mass is 262 g/mol. The van der Waals surface area contributed by atoms with Gasteiger partial charge in [0.25, 0.3) is 0 Å². The maximum Gasteiger partial charge on any atom is 0.224 e. The maximum atomic E-state index is 11.9. The van der Waals surface area contributed by atoms with Crippen LogP contribution in [0.25, 0.3) is 0 Å². The van der Waals surface area contributed by atoms with Gasteiger partial charge < -0.3 is 15.7 Å². The zero-order valence-electron chi connectivity index (χ0n) is 11.4. The number of phenols is 1. The second-order valence-corrected chi connectivity index (χ2v) is 5.28. The van der Waals surface area contributed by atoms with Crippen LogP contribution in [0.5, 0.6) is 5.75 Å². The van der Waals surface area contributed by atoms with Crippen LogP contribution in [0.3, 0.4) is 0 Å². The van der Waals surface area contributed by atoms with Gasteiger partial charge in [0.1, 0.15) is 5.75 Å². The molecule has 1 fully saturated rings. The molecule has 4 heteroatoms. The summed E-state index contributed by atoms with van der Waals surface area (Å²) in [4.78, 5) is 11.9. The van der Waals surface area contributed by atoms with Crippen molar-refractivity contribution in [2.24, 2.45) is 5.92 Å². The minimum Gasteiger partial charge on any atom is -0.508 e. The lowest BCUT2D eigenvalue weighted by molar-refractivity contribution is -0.116. The van der Waals surface area contributed by atoms with Gasteiger partial charge in [0, 0.05) is 12.1 Å². The third-order valence-electron chi connectivity index (χ3n) is 3.72. The molecule has 0 spiro atoms. The first-order valence-electron chi connectivity index (χ1n) is 6.95. The van der Waals surface area contributed by atoms with Gasteiger partial charge in [-0.15, -0.1) is 0 Å². The van der Waals surface area contributed by atoms with Crippen molar-refractivity contribution in [3.05, 3.63) is 23.8 Å². The molecule has 0 bridgehead atoms. The number of nitrogens with one attached hydrogen (secondary N) is 2. The first-order chi connectivity index (χ1) is 9.15. The molecule has 1 aliphatic heterocycles. The number of amides is 1. The Hall–Kier alpha value is -1.55. The lowest BCUT2D eigenvalue weighted by atomic mass is 9.93. The fourth-order valence-electron chi connectivity index (χ4n) is 2.51. The SMILES string of the molecule is Cc1cc(O)ccc1NC(=O)CCC1CCNCC1. The summed E-state index contributed by atoms with van der Waals surface area (Å²) in [6.07, 6.45) is 3.88. The van der Waals surface area contributed by atoms with E-state index in [2.05, 4.69) is 10.6 Å². The Labute approximate surface area is 114 Å². The quantitative estimate of drug-likeness (QED) is 0.730. The normalized spacial score (nSPS) is 16.3. The van der Waals surface area contributed by atoms with Crippen molar-refractivity contribution in [1.82, 2.24) is 5.32 Å². The Kier molecular flexibility index (Phi) is 4.80. The van der Waals surface area contributed by atoms with Gasteiger partial charge in [-0.1, -0.05) is 0 Å². The molecule has 1 aromatic rings. The number of piperidine rings is 1. The number of hydrogen-bond donors (Lipinski definition) is 3. The van der Waals surface area contributed by atoms with Gasteiger partial charge >= 0.3 is 0 Å². The Morgan fingerprint density at radius 3 is 2.84 bits per heavy atom. The first-order valence-corrected chi connectivity index (χ1v) is 6.95. The molecular formula is C15H22N2O2. The third-order valence-corrected chi connectivity index (χ3v) is 3.72. The van der Waals surface area contributed by atoms with Crippen molar-refractivity contribution >= 4 is 11.6 Å². The molecule has 1 aromatic carbocycles. The summed E-state index contributed by atoms with van der Waals surface area (Å²) in [7, 11) is 0. The molecular weight excluding hydrogens is 240 g/mol. The number of rotatable bonds is 4. The van der Waals surface area contributed by atoms with Crippen molar-refractivity contribution in [2.45, 2.75) is 32.6 Å². The molecule has 4 nitrogen and oxygen atoms in total. The van der Waals surface area contributed by atoms with E-state index in [0.717, 1.165) is 30.8 Å². The van der Waals surface area contributed by atoms with Gasteiger partial charge in [-0.3, -0.25) is 4.79 Å². The molecule has 0 atom stereocenters. The predicted molar refractivity (Wildman–Crippen MR) is 76.3 cm³/mol. The highest BCUT2D eigenvalue weighted by Crippen LogP contribution is 2.21. The summed E-state index contributed by atoms with van der Waals surface area (Å²) in [5, 5.41) is 15.6. The summed E-state index contributed by atoms with van der Waals surface area (Å²) in [5.74, 6) is 0.963. The lowest BCUT2D eigenvalue weighted by Gasteiger charge is -2.22. The zero-order chi connectivity index (χ0) is 13.7. The molecule has 1 heterocycles. The zero-order valence-corrected chi connectivity index (χ0v) is 11.4. The van der Waals surface area contributed by atoms with Crippen molar-refractivity contribution < 1.29 is 9.90 Å². The van der Waals surface area contributed by atoms with E-state index in [9.17, 15) is 9.90 Å². The molecule has 0 aromatic heterocycles. The smallest absolute Gasteiger partial charge is 0.224 e. The summed E-state index contributed by atoms with van der Waals surface area (Å²) in [5.41, 5.74) is 1.67. The molecule has 19 heavy (non-hydrogen) atoms. The molecule has 1 amide bonds. The van der Waals surface area contributed by atoms with E-state index in [-0.39, 0.29) is 11.7 Å². The largest absolute Gasteiger partial charge is 0.508 e. The van der Waals surface area contributed by atoms with Crippen LogP contribution >= 0.6 is 0 Å². The maximum absolute atomic E-state index is 11.9. The number of carbonyl (C=O) groups excluding carboxylic acids is 1. The van der Waals surface area contributed by atoms with Gasteiger partial charge in [0.15, 0.2) is 0 Å². The van der Waals surface area contributed by atoms with Gasteiger partial charge in [-0.25, -0.2) is 0 Å². The third kappa shape index (κ3) is 4.24. The second kappa shape index (κ2) is 6.57. The number of hydrogen-bond acceptors (Lipinski definition) is 3. The summed E-state index contributed by atoms with van der Waals surface area (Å²) >= 11 is 0. The molecule has 0 radical (unpaired) electrons. The van der Waals surface area contributed by atoms with E-state index in [1.165, 1.54) is 12.8 Å². The van der Waals surface area contributed by atoms with E-state index >= 15 is 0 Å². The molecule has 1 aliphatic rings. The minimum absolute atomic E-state index is 0.0623. The highest BCUT2D eigenvalue weighted by molar-refractivity contribution is 5.91. The van der Waals surface area contributed by atoms with Crippen molar-refractivity contribution in [1.29, 1.82) is 0 Å². The Morgan fingerprint density at radius 2 is 2.16 bits per heavy atom. The van der Waals surface area contributed by atoms with Gasteiger partial charge in [0.2, 0.25) is 5.91 Å². The predicted octanol–water partition coefficient (Wildman–Crippen LogP) is 2.42. The standard InChI is InChI=1S/C15H22N2O2/c1-11-10-13(18)3-4-14(11)17-15(19)5-2-12-6-8-16-9-7-12/h3-4,10,12,16,18H,2,5-9H2,1H3,(H,17,19). The van der Waals surface area contributed by atoms with Crippen LogP contribution in [0.4, 0.5) is 5.69 Å². The number of benzene rings is 1. The second-order valence-electron chi connectivity index (χ2n) is 5.28. The highest BCUT2D eigenvalue weighted by atomic mass is 16.3. The van der Waals surface area contributed by atoms with Crippen LogP contribution in [0.15, 0.2) is 18.2 Å². The van der Waals surface area contributed by atoms with E-state index in [4.69, 9.17) is 0 Å². The van der Waals surface area contributed by atoms with E-state index in [1.807, 2.05) is 6.92 Å². The average molecular weight is 262 g/mol. The Balaban J connectivity index is 1.80. The fraction of sp³-hybridized carbons (Fsp3) is 0.533. The average Bonchev–Trinajstić information content (AvgIpc) is 2.41. The fourth-order valence-corrected chi connectivity index (χ4v) is 2.51. The van der Waals surface area contributed by atoms with Crippen LogP contribution in [-0.4, -0.2) is 24.1 Å². The summed E-state index contributed by atoms with van der Waals surface area (Å²) in [6.45, 7) is 4.02. The van der Waals surface area contributed by atoms with E-state index in [1.54, 1.807) is 18.2 Å². The topological polar surface area (TPSA) is 61.4 Å². The summed E-state index contributed by atoms with van der Waals surface area (Å²) < 4.78 is 0. The van der Waals surface area contributed by atoms with E-state index in [0.29, 0.717) is 12.3 Å². The molecule has 3 N–H and O–H groups in total.